The van der Waals surface area contributed by atoms with Gasteiger partial charge in [-0.2, -0.15) is 4.98 Å². The van der Waals surface area contributed by atoms with Gasteiger partial charge in [0.2, 0.25) is 17.6 Å². The number of thioether (sulfide) groups is 1. The molecular formula is C21H20N6O4S. The van der Waals surface area contributed by atoms with E-state index in [2.05, 4.69) is 25.7 Å². The van der Waals surface area contributed by atoms with Crippen LogP contribution in [-0.2, 0) is 11.8 Å². The molecule has 11 heteroatoms. The minimum absolute atomic E-state index is 0.130. The van der Waals surface area contributed by atoms with E-state index < -0.39 is 0 Å². The zero-order chi connectivity index (χ0) is 22.5. The van der Waals surface area contributed by atoms with Crippen LogP contribution in [-0.4, -0.2) is 50.8 Å². The smallest absolute Gasteiger partial charge is 0.296 e. The van der Waals surface area contributed by atoms with Crippen LogP contribution in [0, 0.1) is 0 Å². The number of ether oxygens (including phenoxy) is 2. The minimum Gasteiger partial charge on any atom is -0.497 e. The van der Waals surface area contributed by atoms with Crippen LogP contribution in [0.5, 0.6) is 11.5 Å². The van der Waals surface area contributed by atoms with E-state index in [4.69, 9.17) is 14.0 Å². The van der Waals surface area contributed by atoms with Gasteiger partial charge in [0.25, 0.3) is 5.89 Å². The van der Waals surface area contributed by atoms with Gasteiger partial charge in [-0.1, -0.05) is 47.3 Å². The van der Waals surface area contributed by atoms with Crippen LogP contribution in [0.4, 0.5) is 5.69 Å². The summed E-state index contributed by atoms with van der Waals surface area (Å²) in [6, 6.07) is 14.6. The van der Waals surface area contributed by atoms with E-state index >= 15 is 0 Å². The van der Waals surface area contributed by atoms with Crippen molar-refractivity contribution in [3.05, 3.63) is 48.5 Å². The summed E-state index contributed by atoms with van der Waals surface area (Å²) in [7, 11) is 4.87. The summed E-state index contributed by atoms with van der Waals surface area (Å²) in [4.78, 5) is 16.8. The number of hydrogen-bond donors (Lipinski definition) is 1. The summed E-state index contributed by atoms with van der Waals surface area (Å²) in [5.41, 5.74) is 1.41. The first-order chi connectivity index (χ1) is 15.6. The topological polar surface area (TPSA) is 117 Å². The third-order valence-electron chi connectivity index (χ3n) is 4.45. The Morgan fingerprint density at radius 2 is 1.81 bits per heavy atom. The van der Waals surface area contributed by atoms with Crippen molar-refractivity contribution >= 4 is 23.4 Å². The summed E-state index contributed by atoms with van der Waals surface area (Å²) in [5, 5.41) is 15.6. The number of anilines is 1. The van der Waals surface area contributed by atoms with Gasteiger partial charge in [0.15, 0.2) is 5.16 Å². The average Bonchev–Trinajstić information content (AvgIpc) is 3.44. The summed E-state index contributed by atoms with van der Waals surface area (Å²) < 4.78 is 17.5. The Kier molecular flexibility index (Phi) is 6.36. The van der Waals surface area contributed by atoms with Crippen molar-refractivity contribution < 1.29 is 18.8 Å². The molecule has 1 amide bonds. The van der Waals surface area contributed by atoms with Gasteiger partial charge >= 0.3 is 0 Å². The van der Waals surface area contributed by atoms with Gasteiger partial charge < -0.3 is 23.9 Å². The minimum atomic E-state index is -0.209. The predicted octanol–water partition coefficient (Wildman–Crippen LogP) is 3.28. The lowest BCUT2D eigenvalue weighted by molar-refractivity contribution is -0.113. The fraction of sp³-hybridized carbons (Fsp3) is 0.190. The molecule has 0 aliphatic heterocycles. The molecule has 0 radical (unpaired) electrons. The molecule has 10 nitrogen and oxygen atoms in total. The predicted molar refractivity (Wildman–Crippen MR) is 119 cm³/mol. The van der Waals surface area contributed by atoms with E-state index in [1.807, 2.05) is 30.3 Å². The Labute approximate surface area is 188 Å². The van der Waals surface area contributed by atoms with Gasteiger partial charge in [-0.05, 0) is 0 Å². The number of rotatable bonds is 8. The maximum Gasteiger partial charge on any atom is 0.296 e. The number of carbonyl (C=O) groups is 1. The van der Waals surface area contributed by atoms with E-state index in [0.29, 0.717) is 34.0 Å². The van der Waals surface area contributed by atoms with E-state index in [1.165, 1.54) is 11.8 Å². The molecule has 4 rings (SSSR count). The number of amides is 1. The lowest BCUT2D eigenvalue weighted by Crippen LogP contribution is -2.14. The highest BCUT2D eigenvalue weighted by Crippen LogP contribution is 2.27. The van der Waals surface area contributed by atoms with Gasteiger partial charge in [0, 0.05) is 36.5 Å². The zero-order valence-electron chi connectivity index (χ0n) is 17.6. The highest BCUT2D eigenvalue weighted by molar-refractivity contribution is 7.99. The fourth-order valence-corrected chi connectivity index (χ4v) is 3.56. The average molecular weight is 452 g/mol. The van der Waals surface area contributed by atoms with Gasteiger partial charge in [0.05, 0.1) is 20.0 Å². The Morgan fingerprint density at radius 3 is 2.50 bits per heavy atom. The first kappa shape index (κ1) is 21.4. The van der Waals surface area contributed by atoms with E-state index in [0.717, 1.165) is 5.56 Å². The second-order valence-electron chi connectivity index (χ2n) is 6.59. The van der Waals surface area contributed by atoms with E-state index in [-0.39, 0.29) is 17.6 Å². The van der Waals surface area contributed by atoms with Crippen LogP contribution >= 0.6 is 11.8 Å². The normalized spacial score (nSPS) is 10.7. The van der Waals surface area contributed by atoms with Crippen LogP contribution in [0.1, 0.15) is 0 Å². The van der Waals surface area contributed by atoms with Crippen LogP contribution in [0.3, 0.4) is 0 Å². The molecule has 0 unspecified atom stereocenters. The molecule has 2 heterocycles. The third-order valence-corrected chi connectivity index (χ3v) is 5.47. The van der Waals surface area contributed by atoms with Crippen LogP contribution < -0.4 is 14.8 Å². The highest BCUT2D eigenvalue weighted by atomic mass is 32.2. The van der Waals surface area contributed by atoms with Crippen LogP contribution in [0.15, 0.2) is 58.2 Å². The van der Waals surface area contributed by atoms with Crippen molar-refractivity contribution in [2.24, 2.45) is 7.05 Å². The monoisotopic (exact) mass is 452 g/mol. The maximum atomic E-state index is 12.4. The molecule has 0 bridgehead atoms. The molecule has 4 aromatic rings. The first-order valence-electron chi connectivity index (χ1n) is 9.52. The summed E-state index contributed by atoms with van der Waals surface area (Å²) in [5.74, 6) is 2.22. The van der Waals surface area contributed by atoms with E-state index in [9.17, 15) is 4.79 Å². The number of carbonyl (C=O) groups excluding carboxylic acids is 1. The largest absolute Gasteiger partial charge is 0.497 e. The molecule has 0 aliphatic rings. The lowest BCUT2D eigenvalue weighted by Gasteiger charge is -2.09. The summed E-state index contributed by atoms with van der Waals surface area (Å²) in [6.07, 6.45) is 0. The number of benzene rings is 2. The van der Waals surface area contributed by atoms with Gasteiger partial charge in [0.1, 0.15) is 11.5 Å². The second-order valence-corrected chi connectivity index (χ2v) is 7.54. The molecule has 164 valence electrons. The third kappa shape index (κ3) is 4.72. The van der Waals surface area contributed by atoms with Gasteiger partial charge in [-0.3, -0.25) is 4.79 Å². The second kappa shape index (κ2) is 9.52. The molecule has 0 spiro atoms. The molecule has 1 N–H and O–H groups in total. The quantitative estimate of drug-likeness (QED) is 0.402. The Bertz CT molecular complexity index is 1200. The number of hydrogen-bond acceptors (Lipinski definition) is 9. The fourth-order valence-electron chi connectivity index (χ4n) is 2.85. The number of nitrogens with zero attached hydrogens (tertiary/aromatic N) is 5. The number of methoxy groups -OCH3 is 2. The maximum absolute atomic E-state index is 12.4. The SMILES string of the molecule is COc1cc(NC(=O)CSc2nnc(-c3nc(-c4ccccc4)no3)n2C)cc(OC)c1. The van der Waals surface area contributed by atoms with E-state index in [1.54, 1.807) is 44.0 Å². The zero-order valence-corrected chi connectivity index (χ0v) is 18.4. The Hall–Kier alpha value is -3.86. The highest BCUT2D eigenvalue weighted by Gasteiger charge is 2.19. The Balaban J connectivity index is 1.41. The Morgan fingerprint density at radius 1 is 1.09 bits per heavy atom. The molecule has 2 aromatic carbocycles. The molecule has 32 heavy (non-hydrogen) atoms. The standard InChI is InChI=1S/C21H20N6O4S/c1-27-19(20-23-18(26-31-20)13-7-5-4-6-8-13)24-25-21(27)32-12-17(28)22-14-9-15(29-2)11-16(10-14)30-3/h4-11H,12H2,1-3H3,(H,22,28). The molecule has 0 saturated heterocycles. The number of aromatic nitrogens is 5. The van der Waals surface area contributed by atoms with Crippen molar-refractivity contribution in [2.45, 2.75) is 5.16 Å². The summed E-state index contributed by atoms with van der Waals surface area (Å²) >= 11 is 1.24. The molecule has 0 atom stereocenters. The van der Waals surface area contributed by atoms with Crippen LogP contribution in [0.2, 0.25) is 0 Å². The van der Waals surface area contributed by atoms with Crippen molar-refractivity contribution in [3.63, 3.8) is 0 Å². The molecule has 0 fully saturated rings. The summed E-state index contributed by atoms with van der Waals surface area (Å²) in [6.45, 7) is 0. The first-order valence-corrected chi connectivity index (χ1v) is 10.5. The molecule has 0 saturated carbocycles. The van der Waals surface area contributed by atoms with Gasteiger partial charge in [-0.15, -0.1) is 10.2 Å². The van der Waals surface area contributed by atoms with Gasteiger partial charge in [-0.25, -0.2) is 0 Å². The van der Waals surface area contributed by atoms with Crippen molar-refractivity contribution in [2.75, 3.05) is 25.3 Å². The van der Waals surface area contributed by atoms with Crippen molar-refractivity contribution in [3.8, 4) is 34.6 Å². The van der Waals surface area contributed by atoms with Crippen molar-refractivity contribution in [1.29, 1.82) is 0 Å². The van der Waals surface area contributed by atoms with Crippen molar-refractivity contribution in [1.82, 2.24) is 24.9 Å². The number of nitrogens with one attached hydrogen (secondary N) is 1. The molecular weight excluding hydrogens is 432 g/mol. The molecule has 0 aliphatic carbocycles. The molecule has 2 aromatic heterocycles. The lowest BCUT2D eigenvalue weighted by atomic mass is 10.2. The van der Waals surface area contributed by atoms with Crippen LogP contribution in [0.25, 0.3) is 23.1 Å².